The summed E-state index contributed by atoms with van der Waals surface area (Å²) in [7, 11) is 0. The summed E-state index contributed by atoms with van der Waals surface area (Å²) >= 11 is 0. The van der Waals surface area contributed by atoms with Gasteiger partial charge in [-0.05, 0) is 80.9 Å². The quantitative estimate of drug-likeness (QED) is 0.145. The number of rotatable bonds is 9. The zero-order chi connectivity index (χ0) is 42.0. The van der Waals surface area contributed by atoms with Gasteiger partial charge in [-0.3, -0.25) is 0 Å². The molecule has 0 aliphatic heterocycles. The molecule has 0 saturated carbocycles. The smallest absolute Gasteiger partial charge is 0.248 e. The van der Waals surface area contributed by atoms with Gasteiger partial charge in [0.05, 0.1) is 22.4 Å². The summed E-state index contributed by atoms with van der Waals surface area (Å²) in [4.78, 5) is 11.3. The minimum atomic E-state index is 0.484. The fourth-order valence-corrected chi connectivity index (χ4v) is 8.26. The highest BCUT2D eigenvalue weighted by Gasteiger charge is 2.20. The van der Waals surface area contributed by atoms with Gasteiger partial charge in [0.2, 0.25) is 11.8 Å². The molecule has 5 nitrogen and oxygen atoms in total. The van der Waals surface area contributed by atoms with Gasteiger partial charge in [-0.15, -0.1) is 10.2 Å². The second kappa shape index (κ2) is 16.5. The summed E-state index contributed by atoms with van der Waals surface area (Å²) in [6.45, 7) is 0. The Morgan fingerprint density at radius 3 is 0.984 bits per heavy atom. The first kappa shape index (κ1) is 37.5. The van der Waals surface area contributed by atoms with E-state index in [0.717, 1.165) is 94.7 Å². The Balaban J connectivity index is 1.03. The standard InChI is InChI=1S/C58H38N4O/c1-5-15-39(16-6-1)47-23-13-25-49(37-47)51-35-36-52(50-26-14-24-48(38-50)40-17-7-2-8-18-40)56-55(51)59-53(43-19-9-3-10-20-43)54(60-56)44-31-27-41(28-32-44)42-29-33-46(34-30-42)58-62-61-57(63-58)45-21-11-4-12-22-45/h1-38H. The number of hydrogen-bond donors (Lipinski definition) is 0. The van der Waals surface area contributed by atoms with Crippen molar-refractivity contribution in [1.29, 1.82) is 0 Å². The second-order valence-electron chi connectivity index (χ2n) is 15.5. The molecule has 2 aromatic heterocycles. The Bertz CT molecular complexity index is 3350. The number of aromatic nitrogens is 4. The van der Waals surface area contributed by atoms with E-state index in [1.54, 1.807) is 0 Å². The van der Waals surface area contributed by atoms with Crippen LogP contribution in [0.4, 0.5) is 0 Å². The normalized spacial score (nSPS) is 11.2. The molecule has 0 aliphatic carbocycles. The van der Waals surface area contributed by atoms with E-state index >= 15 is 0 Å². The number of hydrogen-bond acceptors (Lipinski definition) is 5. The lowest BCUT2D eigenvalue weighted by molar-refractivity contribution is 0.584. The van der Waals surface area contributed by atoms with Crippen LogP contribution in [-0.2, 0) is 0 Å². The van der Waals surface area contributed by atoms with E-state index in [-0.39, 0.29) is 0 Å². The first-order valence-corrected chi connectivity index (χ1v) is 21.0. The number of nitrogens with zero attached hydrogens (tertiary/aromatic N) is 4. The van der Waals surface area contributed by atoms with Crippen molar-refractivity contribution >= 4 is 11.0 Å². The number of fused-ring (bicyclic) bond motifs is 1. The summed E-state index contributed by atoms with van der Waals surface area (Å²) in [5.74, 6) is 0.982. The van der Waals surface area contributed by atoms with Crippen LogP contribution in [0.2, 0.25) is 0 Å². The average molecular weight is 807 g/mol. The van der Waals surface area contributed by atoms with E-state index < -0.39 is 0 Å². The van der Waals surface area contributed by atoms with Gasteiger partial charge in [-0.2, -0.15) is 0 Å². The third kappa shape index (κ3) is 7.49. The lowest BCUT2D eigenvalue weighted by Crippen LogP contribution is -1.99. The predicted molar refractivity (Wildman–Crippen MR) is 256 cm³/mol. The monoisotopic (exact) mass is 806 g/mol. The number of benzene rings is 9. The molecule has 0 N–H and O–H groups in total. The Labute approximate surface area is 365 Å². The molecule has 296 valence electrons. The van der Waals surface area contributed by atoms with Crippen molar-refractivity contribution in [1.82, 2.24) is 20.2 Å². The maximum absolute atomic E-state index is 6.03. The molecular formula is C58H38N4O. The van der Waals surface area contributed by atoms with Gasteiger partial charge >= 0.3 is 0 Å². The van der Waals surface area contributed by atoms with E-state index in [0.29, 0.717) is 11.8 Å². The average Bonchev–Trinajstić information content (AvgIpc) is 3.88. The maximum atomic E-state index is 6.03. The molecule has 9 aromatic carbocycles. The molecule has 0 aliphatic rings. The van der Waals surface area contributed by atoms with Crippen LogP contribution in [0.1, 0.15) is 0 Å². The van der Waals surface area contributed by atoms with Crippen LogP contribution in [0.25, 0.3) is 112 Å². The minimum Gasteiger partial charge on any atom is -0.416 e. The topological polar surface area (TPSA) is 64.7 Å². The fourth-order valence-electron chi connectivity index (χ4n) is 8.26. The van der Waals surface area contributed by atoms with Gasteiger partial charge in [-0.25, -0.2) is 9.97 Å². The van der Waals surface area contributed by atoms with E-state index in [2.05, 4.69) is 192 Å². The molecule has 0 amide bonds. The van der Waals surface area contributed by atoms with Gasteiger partial charge in [0.25, 0.3) is 0 Å². The third-order valence-corrected chi connectivity index (χ3v) is 11.5. The molecule has 0 spiro atoms. The molecule has 63 heavy (non-hydrogen) atoms. The van der Waals surface area contributed by atoms with Crippen molar-refractivity contribution in [3.8, 4) is 101 Å². The molecule has 11 aromatic rings. The van der Waals surface area contributed by atoms with Crippen LogP contribution in [0.5, 0.6) is 0 Å². The van der Waals surface area contributed by atoms with Gasteiger partial charge in [0.15, 0.2) is 0 Å². The Hall–Kier alpha value is -8.54. The van der Waals surface area contributed by atoms with Gasteiger partial charge in [-0.1, -0.05) is 194 Å². The molecular weight excluding hydrogens is 769 g/mol. The molecule has 0 atom stereocenters. The van der Waals surface area contributed by atoms with E-state index in [4.69, 9.17) is 14.4 Å². The van der Waals surface area contributed by atoms with Crippen LogP contribution in [0, 0.1) is 0 Å². The lowest BCUT2D eigenvalue weighted by Gasteiger charge is -2.17. The van der Waals surface area contributed by atoms with Gasteiger partial charge in [0, 0.05) is 33.4 Å². The second-order valence-corrected chi connectivity index (χ2v) is 15.5. The van der Waals surface area contributed by atoms with Crippen LogP contribution in [0.15, 0.2) is 235 Å². The van der Waals surface area contributed by atoms with E-state index in [1.807, 2.05) is 48.5 Å². The van der Waals surface area contributed by atoms with Crippen LogP contribution < -0.4 is 0 Å². The summed E-state index contributed by atoms with van der Waals surface area (Å²) in [6.07, 6.45) is 0. The summed E-state index contributed by atoms with van der Waals surface area (Å²) in [5, 5.41) is 8.59. The molecule has 0 unspecified atom stereocenters. The van der Waals surface area contributed by atoms with Gasteiger partial charge in [0.1, 0.15) is 0 Å². The van der Waals surface area contributed by atoms with Crippen LogP contribution in [0.3, 0.4) is 0 Å². The van der Waals surface area contributed by atoms with Crippen molar-refractivity contribution in [3.05, 3.63) is 231 Å². The fraction of sp³-hybridized carbons (Fsp3) is 0. The Morgan fingerprint density at radius 1 is 0.238 bits per heavy atom. The minimum absolute atomic E-state index is 0.484. The first-order chi connectivity index (χ1) is 31.2. The van der Waals surface area contributed by atoms with Crippen LogP contribution >= 0.6 is 0 Å². The summed E-state index contributed by atoms with van der Waals surface area (Å²) in [5.41, 5.74) is 18.0. The first-order valence-electron chi connectivity index (χ1n) is 21.0. The SMILES string of the molecule is c1ccc(-c2cccc(-c3ccc(-c4cccc(-c5ccccc5)c4)c4nc(-c5ccc(-c6ccc(-c7nnc(-c8ccccc8)o7)cc6)cc5)c(-c5ccccc5)nc34)c2)cc1. The Morgan fingerprint density at radius 2 is 0.540 bits per heavy atom. The van der Waals surface area contributed by atoms with E-state index in [1.165, 1.54) is 5.56 Å². The van der Waals surface area contributed by atoms with E-state index in [9.17, 15) is 0 Å². The Kier molecular flexibility index (Phi) is 9.80. The van der Waals surface area contributed by atoms with Gasteiger partial charge < -0.3 is 4.42 Å². The molecule has 0 saturated heterocycles. The summed E-state index contributed by atoms with van der Waals surface area (Å²) in [6, 6.07) is 79.9. The molecule has 11 rings (SSSR count). The predicted octanol–water partition coefficient (Wildman–Crippen LogP) is 15.0. The molecule has 0 fully saturated rings. The van der Waals surface area contributed by atoms with Crippen molar-refractivity contribution < 1.29 is 4.42 Å². The zero-order valence-corrected chi connectivity index (χ0v) is 34.1. The molecule has 2 heterocycles. The van der Waals surface area contributed by atoms with Crippen molar-refractivity contribution in [3.63, 3.8) is 0 Å². The maximum Gasteiger partial charge on any atom is 0.248 e. The lowest BCUT2D eigenvalue weighted by atomic mass is 9.93. The highest BCUT2D eigenvalue weighted by molar-refractivity contribution is 6.03. The van der Waals surface area contributed by atoms with Crippen LogP contribution in [-0.4, -0.2) is 20.2 Å². The highest BCUT2D eigenvalue weighted by Crippen LogP contribution is 2.41. The molecule has 5 heteroatoms. The third-order valence-electron chi connectivity index (χ3n) is 11.5. The largest absolute Gasteiger partial charge is 0.416 e. The van der Waals surface area contributed by atoms with Crippen molar-refractivity contribution in [2.24, 2.45) is 0 Å². The molecule has 0 bridgehead atoms. The summed E-state index contributed by atoms with van der Waals surface area (Å²) < 4.78 is 6.03. The van der Waals surface area contributed by atoms with Crippen molar-refractivity contribution in [2.75, 3.05) is 0 Å². The molecule has 0 radical (unpaired) electrons. The van der Waals surface area contributed by atoms with Crippen molar-refractivity contribution in [2.45, 2.75) is 0 Å². The highest BCUT2D eigenvalue weighted by atomic mass is 16.4. The zero-order valence-electron chi connectivity index (χ0n) is 34.1.